The van der Waals surface area contributed by atoms with E-state index in [0.717, 1.165) is 17.0 Å². The van der Waals surface area contributed by atoms with Crippen LogP contribution in [0.3, 0.4) is 0 Å². The Bertz CT molecular complexity index is 1120. The van der Waals surface area contributed by atoms with Crippen LogP contribution in [0.1, 0.15) is 10.4 Å². The average Bonchev–Trinajstić information content (AvgIpc) is 2.74. The molecule has 0 saturated carbocycles. The summed E-state index contributed by atoms with van der Waals surface area (Å²) in [6.07, 6.45) is 0. The number of nitrogens with zero attached hydrogens (tertiary/aromatic N) is 2. The van der Waals surface area contributed by atoms with Crippen LogP contribution in [0.15, 0.2) is 41.3 Å². The van der Waals surface area contributed by atoms with Crippen LogP contribution in [-0.4, -0.2) is 69.3 Å². The van der Waals surface area contributed by atoms with Crippen LogP contribution >= 0.6 is 11.6 Å². The molecule has 1 fully saturated rings. The Balaban J connectivity index is 1.71. The van der Waals surface area contributed by atoms with Gasteiger partial charge in [0.15, 0.2) is 0 Å². The smallest absolute Gasteiger partial charge is 0.254 e. The zero-order valence-corrected chi connectivity index (χ0v) is 18.5. The number of ether oxygens (including phenoxy) is 1. The van der Waals surface area contributed by atoms with E-state index in [1.54, 1.807) is 0 Å². The summed E-state index contributed by atoms with van der Waals surface area (Å²) in [7, 11) is -2.60. The zero-order valence-electron chi connectivity index (χ0n) is 17.0. The lowest BCUT2D eigenvalue weighted by molar-refractivity contribution is -0.116. The first kappa shape index (κ1) is 24.1. The van der Waals surface area contributed by atoms with Crippen molar-refractivity contribution in [3.05, 3.63) is 58.6 Å². The molecule has 0 unspecified atom stereocenters. The van der Waals surface area contributed by atoms with Gasteiger partial charge in [0.05, 0.1) is 24.8 Å². The first-order valence-corrected chi connectivity index (χ1v) is 11.3. The van der Waals surface area contributed by atoms with Crippen LogP contribution < -0.4 is 5.32 Å². The van der Waals surface area contributed by atoms with Gasteiger partial charge < -0.3 is 15.0 Å². The highest BCUT2D eigenvalue weighted by Gasteiger charge is 2.29. The molecule has 0 bridgehead atoms. The summed E-state index contributed by atoms with van der Waals surface area (Å²) in [5.41, 5.74) is -0.0907. The van der Waals surface area contributed by atoms with E-state index in [4.69, 9.17) is 16.3 Å². The summed E-state index contributed by atoms with van der Waals surface area (Å²) in [5.74, 6) is -3.23. The minimum absolute atomic E-state index is 0.00471. The quantitative estimate of drug-likeness (QED) is 0.674. The summed E-state index contributed by atoms with van der Waals surface area (Å²) in [4.78, 5) is 25.5. The lowest BCUT2D eigenvalue weighted by Crippen LogP contribution is -2.40. The van der Waals surface area contributed by atoms with E-state index in [0.29, 0.717) is 6.07 Å². The number of carbonyl (C=O) groups is 2. The van der Waals surface area contributed by atoms with E-state index in [1.165, 1.54) is 29.6 Å². The van der Waals surface area contributed by atoms with Gasteiger partial charge >= 0.3 is 0 Å². The third kappa shape index (κ3) is 5.60. The van der Waals surface area contributed by atoms with Crippen molar-refractivity contribution in [2.75, 3.05) is 45.2 Å². The van der Waals surface area contributed by atoms with Crippen LogP contribution in [0.4, 0.5) is 14.5 Å². The lowest BCUT2D eigenvalue weighted by Gasteiger charge is -2.26. The van der Waals surface area contributed by atoms with Gasteiger partial charge in [-0.3, -0.25) is 9.59 Å². The van der Waals surface area contributed by atoms with E-state index < -0.39 is 40.0 Å². The maximum absolute atomic E-state index is 13.3. The fourth-order valence-electron chi connectivity index (χ4n) is 3.09. The van der Waals surface area contributed by atoms with E-state index in [-0.39, 0.29) is 47.5 Å². The van der Waals surface area contributed by atoms with Crippen LogP contribution in [0.2, 0.25) is 5.02 Å². The number of carbonyl (C=O) groups excluding carboxylic acids is 2. The highest BCUT2D eigenvalue weighted by atomic mass is 35.5. The maximum atomic E-state index is 13.3. The predicted octanol–water partition coefficient (Wildman–Crippen LogP) is 2.35. The highest BCUT2D eigenvalue weighted by molar-refractivity contribution is 7.89. The van der Waals surface area contributed by atoms with E-state index >= 15 is 0 Å². The average molecular weight is 488 g/mol. The molecule has 8 nitrogen and oxygen atoms in total. The van der Waals surface area contributed by atoms with Crippen molar-refractivity contribution in [1.29, 1.82) is 0 Å². The Hall–Kier alpha value is -2.60. The van der Waals surface area contributed by atoms with Gasteiger partial charge in [0.1, 0.15) is 16.5 Å². The number of benzene rings is 2. The minimum atomic E-state index is -3.90. The molecule has 0 radical (unpaired) electrons. The van der Waals surface area contributed by atoms with Gasteiger partial charge in [-0.1, -0.05) is 11.6 Å². The van der Waals surface area contributed by atoms with Gasteiger partial charge in [-0.25, -0.2) is 17.2 Å². The number of likely N-dealkylation sites (N-methyl/N-ethyl adjacent to an activating group) is 1. The molecule has 1 saturated heterocycles. The summed E-state index contributed by atoms with van der Waals surface area (Å²) in [5, 5.41) is 2.49. The molecule has 1 aliphatic heterocycles. The fraction of sp³-hybridized carbons (Fsp3) is 0.300. The monoisotopic (exact) mass is 487 g/mol. The zero-order chi connectivity index (χ0) is 23.5. The summed E-state index contributed by atoms with van der Waals surface area (Å²) in [6, 6.07) is 6.35. The normalized spacial score (nSPS) is 14.8. The molecule has 1 aliphatic rings. The lowest BCUT2D eigenvalue weighted by atomic mass is 10.2. The second-order valence-corrected chi connectivity index (χ2v) is 9.34. The Morgan fingerprint density at radius 2 is 1.75 bits per heavy atom. The second-order valence-electron chi connectivity index (χ2n) is 7.03. The first-order chi connectivity index (χ1) is 15.1. The first-order valence-electron chi connectivity index (χ1n) is 9.47. The van der Waals surface area contributed by atoms with Crippen molar-refractivity contribution in [2.45, 2.75) is 4.90 Å². The Labute approximate surface area is 188 Å². The topological polar surface area (TPSA) is 96.0 Å². The van der Waals surface area contributed by atoms with Crippen LogP contribution in [-0.2, 0) is 19.6 Å². The third-order valence-corrected chi connectivity index (χ3v) is 7.02. The van der Waals surface area contributed by atoms with Gasteiger partial charge in [-0.05, 0) is 30.3 Å². The fourth-order valence-corrected chi connectivity index (χ4v) is 5.00. The van der Waals surface area contributed by atoms with Gasteiger partial charge in [-0.15, -0.1) is 0 Å². The van der Waals surface area contributed by atoms with Crippen LogP contribution in [0, 0.1) is 11.6 Å². The van der Waals surface area contributed by atoms with E-state index in [1.807, 2.05) is 0 Å². The molecule has 172 valence electrons. The predicted molar refractivity (Wildman–Crippen MR) is 113 cm³/mol. The highest BCUT2D eigenvalue weighted by Crippen LogP contribution is 2.28. The standard InChI is InChI=1S/C20H20ClF2N3O5S/c1-25(20(28)13-8-14(22)10-15(23)9-13)12-19(27)24-16-2-3-17(21)18(11-16)32(29,30)26-4-6-31-7-5-26/h2-3,8-11H,4-7,12H2,1H3,(H,24,27). The molecular weight excluding hydrogens is 468 g/mol. The van der Waals surface area contributed by atoms with Crippen LogP contribution in [0.25, 0.3) is 0 Å². The molecule has 1 N–H and O–H groups in total. The molecule has 0 spiro atoms. The molecule has 12 heteroatoms. The van der Waals surface area contributed by atoms with Gasteiger partial charge in [-0.2, -0.15) is 4.31 Å². The van der Waals surface area contributed by atoms with E-state index in [2.05, 4.69) is 5.32 Å². The molecule has 0 aliphatic carbocycles. The van der Waals surface area contributed by atoms with Crippen molar-refractivity contribution in [2.24, 2.45) is 0 Å². The molecule has 0 aromatic heterocycles. The van der Waals surface area contributed by atoms with Gasteiger partial charge in [0.2, 0.25) is 15.9 Å². The van der Waals surface area contributed by atoms with Crippen LogP contribution in [0.5, 0.6) is 0 Å². The molecule has 2 aromatic rings. The summed E-state index contributed by atoms with van der Waals surface area (Å²) < 4.78 is 58.9. The third-order valence-electron chi connectivity index (χ3n) is 4.64. The number of amides is 2. The van der Waals surface area contributed by atoms with Crippen molar-refractivity contribution in [3.8, 4) is 0 Å². The molecule has 2 aromatic carbocycles. The Kier molecular flexibility index (Phi) is 7.44. The molecule has 32 heavy (non-hydrogen) atoms. The largest absolute Gasteiger partial charge is 0.379 e. The number of rotatable bonds is 6. The number of sulfonamides is 1. The minimum Gasteiger partial charge on any atom is -0.379 e. The summed E-state index contributed by atoms with van der Waals surface area (Å²) in [6.45, 7) is 0.461. The number of anilines is 1. The maximum Gasteiger partial charge on any atom is 0.254 e. The van der Waals surface area contributed by atoms with Crippen molar-refractivity contribution in [3.63, 3.8) is 0 Å². The molecular formula is C20H20ClF2N3O5S. The van der Waals surface area contributed by atoms with E-state index in [9.17, 15) is 26.8 Å². The molecule has 0 atom stereocenters. The molecule has 3 rings (SSSR count). The van der Waals surface area contributed by atoms with Gasteiger partial charge in [0.25, 0.3) is 5.91 Å². The Morgan fingerprint density at radius 3 is 2.38 bits per heavy atom. The molecule has 2 amide bonds. The number of hydrogen-bond donors (Lipinski definition) is 1. The number of halogens is 3. The molecule has 1 heterocycles. The van der Waals surface area contributed by atoms with Gasteiger partial charge in [0, 0.05) is 37.5 Å². The number of morpholine rings is 1. The summed E-state index contributed by atoms with van der Waals surface area (Å²) >= 11 is 6.09. The number of hydrogen-bond acceptors (Lipinski definition) is 5. The second kappa shape index (κ2) is 9.90. The van der Waals surface area contributed by atoms with Crippen molar-refractivity contribution >= 4 is 39.1 Å². The van der Waals surface area contributed by atoms with Crippen molar-refractivity contribution < 1.29 is 31.5 Å². The van der Waals surface area contributed by atoms with Crippen molar-refractivity contribution in [1.82, 2.24) is 9.21 Å². The Morgan fingerprint density at radius 1 is 1.12 bits per heavy atom. The SMILES string of the molecule is CN(CC(=O)Nc1ccc(Cl)c(S(=O)(=O)N2CCOCC2)c1)C(=O)c1cc(F)cc(F)c1. The number of nitrogens with one attached hydrogen (secondary N) is 1.